The minimum Gasteiger partial charge on any atom is -0.207 e. The summed E-state index contributed by atoms with van der Waals surface area (Å²) in [6.45, 7) is 0. The second-order valence-electron chi connectivity index (χ2n) is 4.49. The van der Waals surface area contributed by atoms with Gasteiger partial charge in [0.25, 0.3) is 0 Å². The molecule has 0 aliphatic carbocycles. The van der Waals surface area contributed by atoms with Crippen LogP contribution in [-0.4, -0.2) is 0 Å². The topological polar surface area (TPSA) is 0 Å². The summed E-state index contributed by atoms with van der Waals surface area (Å²) in [7, 11) is 0. The molecule has 0 bridgehead atoms. The number of hydrogen-bond acceptors (Lipinski definition) is 0. The summed E-state index contributed by atoms with van der Waals surface area (Å²) in [6.07, 6.45) is -4.12. The first-order chi connectivity index (χ1) is 9.79. The third-order valence-electron chi connectivity index (χ3n) is 3.04. The smallest absolute Gasteiger partial charge is 0.207 e. The molecule has 1 atom stereocenters. The molecule has 0 amide bonds. The van der Waals surface area contributed by atoms with Crippen molar-refractivity contribution < 1.29 is 17.6 Å². The predicted octanol–water partition coefficient (Wildman–Crippen LogP) is 6.18. The van der Waals surface area contributed by atoms with Crippen molar-refractivity contribution >= 4 is 27.5 Å². The van der Waals surface area contributed by atoms with E-state index in [1.165, 1.54) is 24.3 Å². The predicted molar refractivity (Wildman–Crippen MR) is 78.2 cm³/mol. The molecule has 1 unspecified atom stereocenters. The summed E-state index contributed by atoms with van der Waals surface area (Å²) >= 11 is 9.30. The third-order valence-corrected chi connectivity index (χ3v) is 4.25. The lowest BCUT2D eigenvalue weighted by Gasteiger charge is -2.13. The fraction of sp³-hybridized carbons (Fsp3) is 0.200. The Kier molecular flexibility index (Phi) is 4.94. The number of rotatable bonds is 3. The van der Waals surface area contributed by atoms with Gasteiger partial charge in [0, 0.05) is 15.4 Å². The van der Waals surface area contributed by atoms with Crippen LogP contribution in [0.3, 0.4) is 0 Å². The first-order valence-electron chi connectivity index (χ1n) is 6.03. The molecule has 0 saturated carbocycles. The fourth-order valence-corrected chi connectivity index (χ4v) is 2.77. The lowest BCUT2D eigenvalue weighted by molar-refractivity contribution is -0.137. The first-order valence-corrected chi connectivity index (χ1v) is 7.32. The molecule has 0 aliphatic heterocycles. The van der Waals surface area contributed by atoms with E-state index in [9.17, 15) is 17.6 Å². The van der Waals surface area contributed by atoms with Crippen LogP contribution in [0.4, 0.5) is 17.6 Å². The van der Waals surface area contributed by atoms with E-state index in [4.69, 9.17) is 11.6 Å². The molecule has 0 heterocycles. The highest BCUT2D eigenvalue weighted by Crippen LogP contribution is 2.34. The largest absolute Gasteiger partial charge is 0.416 e. The van der Waals surface area contributed by atoms with Gasteiger partial charge in [0.2, 0.25) is 0 Å². The standard InChI is InChI=1S/C15H10BrClF4/c16-12(8-11-13(17)2-1-3-14(11)18)9-4-6-10(7-5-9)15(19,20)21/h1-7,12H,8H2. The Morgan fingerprint density at radius 3 is 2.19 bits per heavy atom. The maximum atomic E-state index is 13.7. The second-order valence-corrected chi connectivity index (χ2v) is 6.00. The Morgan fingerprint density at radius 2 is 1.67 bits per heavy atom. The van der Waals surface area contributed by atoms with E-state index in [1.807, 2.05) is 0 Å². The average Bonchev–Trinajstić information content (AvgIpc) is 2.42. The lowest BCUT2D eigenvalue weighted by atomic mass is 10.0. The van der Waals surface area contributed by atoms with Crippen molar-refractivity contribution in [3.05, 3.63) is 70.0 Å². The van der Waals surface area contributed by atoms with Gasteiger partial charge < -0.3 is 0 Å². The molecular weight excluding hydrogens is 372 g/mol. The Balaban J connectivity index is 2.19. The molecule has 21 heavy (non-hydrogen) atoms. The summed E-state index contributed by atoms with van der Waals surface area (Å²) in [4.78, 5) is -0.325. The highest BCUT2D eigenvalue weighted by Gasteiger charge is 2.30. The van der Waals surface area contributed by atoms with E-state index < -0.39 is 17.6 Å². The molecule has 0 radical (unpaired) electrons. The zero-order valence-corrected chi connectivity index (χ0v) is 12.9. The Hall–Kier alpha value is -1.07. The van der Waals surface area contributed by atoms with Crippen LogP contribution in [0.1, 0.15) is 21.5 Å². The lowest BCUT2D eigenvalue weighted by Crippen LogP contribution is -2.05. The molecule has 6 heteroatoms. The molecule has 0 aromatic heterocycles. The maximum absolute atomic E-state index is 13.7. The van der Waals surface area contributed by atoms with E-state index in [0.29, 0.717) is 16.1 Å². The molecule has 0 nitrogen and oxygen atoms in total. The molecule has 2 rings (SSSR count). The number of alkyl halides is 4. The van der Waals surface area contributed by atoms with E-state index in [2.05, 4.69) is 15.9 Å². The van der Waals surface area contributed by atoms with Crippen LogP contribution in [-0.2, 0) is 12.6 Å². The van der Waals surface area contributed by atoms with E-state index in [-0.39, 0.29) is 11.2 Å². The van der Waals surface area contributed by atoms with Crippen LogP contribution in [0, 0.1) is 5.82 Å². The Labute approximate surface area is 132 Å². The molecule has 112 valence electrons. The van der Waals surface area contributed by atoms with Crippen molar-refractivity contribution in [3.63, 3.8) is 0 Å². The van der Waals surface area contributed by atoms with Gasteiger partial charge in [-0.2, -0.15) is 13.2 Å². The number of hydrogen-bond donors (Lipinski definition) is 0. The highest BCUT2D eigenvalue weighted by atomic mass is 79.9. The summed E-state index contributed by atoms with van der Waals surface area (Å²) in [5, 5.41) is 0.298. The minimum absolute atomic E-state index is 0.247. The van der Waals surface area contributed by atoms with Gasteiger partial charge >= 0.3 is 6.18 Å². The van der Waals surface area contributed by atoms with Gasteiger partial charge in [-0.15, -0.1) is 0 Å². The minimum atomic E-state index is -4.37. The number of halogens is 6. The van der Waals surface area contributed by atoms with Gasteiger partial charge in [-0.1, -0.05) is 45.7 Å². The van der Waals surface area contributed by atoms with E-state index >= 15 is 0 Å². The van der Waals surface area contributed by atoms with Crippen LogP contribution in [0.15, 0.2) is 42.5 Å². The molecule has 2 aromatic carbocycles. The summed E-state index contributed by atoms with van der Waals surface area (Å²) in [5.74, 6) is -0.432. The van der Waals surface area contributed by atoms with Gasteiger partial charge in [0.1, 0.15) is 5.82 Å². The molecule has 0 N–H and O–H groups in total. The highest BCUT2D eigenvalue weighted by molar-refractivity contribution is 9.09. The van der Waals surface area contributed by atoms with Crippen LogP contribution < -0.4 is 0 Å². The van der Waals surface area contributed by atoms with Crippen molar-refractivity contribution in [2.24, 2.45) is 0 Å². The first kappa shape index (κ1) is 16.3. The quantitative estimate of drug-likeness (QED) is 0.440. The second kappa shape index (κ2) is 6.36. The van der Waals surface area contributed by atoms with Crippen molar-refractivity contribution in [1.29, 1.82) is 0 Å². The van der Waals surface area contributed by atoms with Crippen molar-refractivity contribution in [2.75, 3.05) is 0 Å². The summed E-state index contributed by atoms with van der Waals surface area (Å²) in [6, 6.07) is 9.13. The Morgan fingerprint density at radius 1 is 1.05 bits per heavy atom. The van der Waals surface area contributed by atoms with Crippen LogP contribution in [0.2, 0.25) is 5.02 Å². The fourth-order valence-electron chi connectivity index (χ4n) is 1.91. The van der Waals surface area contributed by atoms with Crippen LogP contribution >= 0.6 is 27.5 Å². The van der Waals surface area contributed by atoms with Gasteiger partial charge in [0.05, 0.1) is 5.56 Å². The summed E-state index contributed by atoms with van der Waals surface area (Å²) in [5.41, 5.74) is 0.248. The van der Waals surface area contributed by atoms with Gasteiger partial charge in [-0.3, -0.25) is 0 Å². The molecule has 0 aliphatic rings. The third kappa shape index (κ3) is 3.98. The van der Waals surface area contributed by atoms with Crippen LogP contribution in [0.5, 0.6) is 0 Å². The zero-order valence-electron chi connectivity index (χ0n) is 10.6. The molecule has 0 fully saturated rings. The van der Waals surface area contributed by atoms with Crippen molar-refractivity contribution in [3.8, 4) is 0 Å². The van der Waals surface area contributed by atoms with Crippen molar-refractivity contribution in [1.82, 2.24) is 0 Å². The monoisotopic (exact) mass is 380 g/mol. The molecular formula is C15H10BrClF4. The SMILES string of the molecule is Fc1cccc(Cl)c1CC(Br)c1ccc(C(F)(F)F)cc1. The van der Waals surface area contributed by atoms with Crippen molar-refractivity contribution in [2.45, 2.75) is 17.4 Å². The van der Waals surface area contributed by atoms with E-state index in [1.54, 1.807) is 6.07 Å². The zero-order chi connectivity index (χ0) is 15.6. The van der Waals surface area contributed by atoms with Gasteiger partial charge in [-0.25, -0.2) is 4.39 Å². The summed E-state index contributed by atoms with van der Waals surface area (Å²) < 4.78 is 51.2. The van der Waals surface area contributed by atoms with E-state index in [0.717, 1.165) is 12.1 Å². The van der Waals surface area contributed by atoms with Gasteiger partial charge in [-0.05, 0) is 36.2 Å². The van der Waals surface area contributed by atoms with Crippen LogP contribution in [0.25, 0.3) is 0 Å². The number of benzene rings is 2. The molecule has 2 aromatic rings. The average molecular weight is 382 g/mol. The molecule has 0 spiro atoms. The normalized spacial score (nSPS) is 13.2. The maximum Gasteiger partial charge on any atom is 0.416 e. The van der Waals surface area contributed by atoms with Gasteiger partial charge in [0.15, 0.2) is 0 Å². The Bertz CT molecular complexity index is 602. The molecule has 0 saturated heterocycles.